The van der Waals surface area contributed by atoms with Crippen molar-refractivity contribution in [3.63, 3.8) is 0 Å². The number of nitrogens with one attached hydrogen (secondary N) is 2. The molecule has 0 radical (unpaired) electrons. The summed E-state index contributed by atoms with van der Waals surface area (Å²) in [6.45, 7) is 2.52. The molecule has 0 saturated carbocycles. The molecule has 0 aliphatic carbocycles. The summed E-state index contributed by atoms with van der Waals surface area (Å²) in [6.07, 6.45) is 5.00. The van der Waals surface area contributed by atoms with Crippen LogP contribution in [0.3, 0.4) is 0 Å². The van der Waals surface area contributed by atoms with Crippen LogP contribution >= 0.6 is 24.0 Å². The summed E-state index contributed by atoms with van der Waals surface area (Å²) in [5.74, 6) is 3.98. The third kappa shape index (κ3) is 7.16. The average molecular weight is 566 g/mol. The average Bonchev–Trinajstić information content (AvgIpc) is 3.45. The van der Waals surface area contributed by atoms with Crippen LogP contribution in [0.15, 0.2) is 68.8 Å². The molecule has 1 unspecified atom stereocenters. The standard InChI is InChI=1S/C24H30N4O4.HI/c1-28(2)20(21-7-4-13-30-21)17-26-24(25-11-10-19-6-3-12-29-19)27-18-8-9-22-23(16-18)32-15-5-14-31-22;/h3-4,6-9,12-13,16,20H,5,10-11,14-15,17H2,1-2H3,(H2,25,26,27);1H. The molecule has 3 heterocycles. The van der Waals surface area contributed by atoms with Crippen molar-refractivity contribution in [1.82, 2.24) is 10.2 Å². The largest absolute Gasteiger partial charge is 0.490 e. The van der Waals surface area contributed by atoms with Crippen molar-refractivity contribution < 1.29 is 18.3 Å². The van der Waals surface area contributed by atoms with Crippen molar-refractivity contribution in [3.8, 4) is 11.5 Å². The number of ether oxygens (including phenoxy) is 2. The molecule has 1 aromatic carbocycles. The van der Waals surface area contributed by atoms with Crippen molar-refractivity contribution in [2.75, 3.05) is 45.7 Å². The number of nitrogens with zero attached hydrogens (tertiary/aromatic N) is 2. The van der Waals surface area contributed by atoms with Gasteiger partial charge in [0.2, 0.25) is 0 Å². The summed E-state index contributed by atoms with van der Waals surface area (Å²) in [5, 5.41) is 6.79. The molecule has 1 aliphatic heterocycles. The van der Waals surface area contributed by atoms with Crippen LogP contribution in [0.25, 0.3) is 0 Å². The molecule has 4 rings (SSSR count). The molecule has 178 valence electrons. The number of hydrogen-bond donors (Lipinski definition) is 2. The van der Waals surface area contributed by atoms with Gasteiger partial charge in [-0.25, -0.2) is 0 Å². The molecule has 3 aromatic rings. The van der Waals surface area contributed by atoms with Crippen molar-refractivity contribution in [3.05, 3.63) is 66.5 Å². The van der Waals surface area contributed by atoms with Crippen LogP contribution in [-0.2, 0) is 6.42 Å². The Balaban J connectivity index is 0.00000306. The Morgan fingerprint density at radius 3 is 2.55 bits per heavy atom. The number of rotatable bonds is 8. The number of hydrogen-bond acceptors (Lipinski definition) is 6. The van der Waals surface area contributed by atoms with Crippen LogP contribution < -0.4 is 20.1 Å². The summed E-state index contributed by atoms with van der Waals surface area (Å²) in [4.78, 5) is 6.93. The second-order valence-electron chi connectivity index (χ2n) is 7.78. The maximum absolute atomic E-state index is 5.82. The first-order valence-corrected chi connectivity index (χ1v) is 10.9. The number of anilines is 1. The van der Waals surface area contributed by atoms with Gasteiger partial charge in [-0.2, -0.15) is 0 Å². The number of likely N-dealkylation sites (N-methyl/N-ethyl adjacent to an activating group) is 1. The minimum absolute atomic E-state index is 0. The summed E-state index contributed by atoms with van der Waals surface area (Å²) < 4.78 is 22.6. The van der Waals surface area contributed by atoms with E-state index in [9.17, 15) is 0 Å². The minimum Gasteiger partial charge on any atom is -0.490 e. The van der Waals surface area contributed by atoms with Crippen LogP contribution in [0.1, 0.15) is 24.0 Å². The predicted octanol–water partition coefficient (Wildman–Crippen LogP) is 4.56. The highest BCUT2D eigenvalue weighted by atomic mass is 127. The lowest BCUT2D eigenvalue weighted by Gasteiger charge is -2.21. The summed E-state index contributed by atoms with van der Waals surface area (Å²) >= 11 is 0. The molecule has 0 bridgehead atoms. The zero-order valence-electron chi connectivity index (χ0n) is 19.0. The van der Waals surface area contributed by atoms with Crippen molar-refractivity contribution in [2.45, 2.75) is 18.9 Å². The molecule has 0 amide bonds. The molecule has 2 aromatic heterocycles. The predicted molar refractivity (Wildman–Crippen MR) is 139 cm³/mol. The first kappa shape index (κ1) is 25.0. The quantitative estimate of drug-likeness (QED) is 0.235. The molecule has 2 N–H and O–H groups in total. The fourth-order valence-electron chi connectivity index (χ4n) is 3.44. The van der Waals surface area contributed by atoms with Crippen LogP contribution in [0.5, 0.6) is 11.5 Å². The molecule has 1 aliphatic rings. The van der Waals surface area contributed by atoms with Gasteiger partial charge < -0.3 is 28.9 Å². The normalized spacial score (nSPS) is 14.3. The minimum atomic E-state index is 0. The van der Waals surface area contributed by atoms with Gasteiger partial charge in [0.1, 0.15) is 11.5 Å². The lowest BCUT2D eigenvalue weighted by Crippen LogP contribution is -2.33. The van der Waals surface area contributed by atoms with E-state index in [0.29, 0.717) is 32.3 Å². The van der Waals surface area contributed by atoms with E-state index in [1.54, 1.807) is 12.5 Å². The molecule has 0 fully saturated rings. The summed E-state index contributed by atoms with van der Waals surface area (Å²) in [5.41, 5.74) is 0.873. The van der Waals surface area contributed by atoms with E-state index >= 15 is 0 Å². The lowest BCUT2D eigenvalue weighted by molar-refractivity contribution is 0.265. The van der Waals surface area contributed by atoms with Gasteiger partial charge in [-0.15, -0.1) is 24.0 Å². The van der Waals surface area contributed by atoms with Crippen molar-refractivity contribution in [2.24, 2.45) is 4.99 Å². The molecular weight excluding hydrogens is 535 g/mol. The first-order chi connectivity index (χ1) is 15.7. The molecule has 33 heavy (non-hydrogen) atoms. The number of furan rings is 2. The highest BCUT2D eigenvalue weighted by Gasteiger charge is 2.17. The lowest BCUT2D eigenvalue weighted by atomic mass is 10.2. The van der Waals surface area contributed by atoms with Gasteiger partial charge in [0, 0.05) is 31.1 Å². The molecular formula is C24H31IN4O4. The highest BCUT2D eigenvalue weighted by Crippen LogP contribution is 2.32. The summed E-state index contributed by atoms with van der Waals surface area (Å²) in [6, 6.07) is 13.6. The topological polar surface area (TPSA) is 84.4 Å². The van der Waals surface area contributed by atoms with E-state index in [0.717, 1.165) is 41.5 Å². The number of fused-ring (bicyclic) bond motifs is 1. The van der Waals surface area contributed by atoms with Gasteiger partial charge in [-0.3, -0.25) is 9.89 Å². The zero-order valence-corrected chi connectivity index (χ0v) is 21.3. The Hall–Kier alpha value is -2.66. The number of halogens is 1. The number of aliphatic imine (C=N–C) groups is 1. The van der Waals surface area contributed by atoms with Gasteiger partial charge in [0.25, 0.3) is 0 Å². The molecule has 9 heteroatoms. The van der Waals surface area contributed by atoms with Gasteiger partial charge in [0.15, 0.2) is 17.5 Å². The molecule has 1 atom stereocenters. The van der Waals surface area contributed by atoms with E-state index < -0.39 is 0 Å². The molecule has 0 spiro atoms. The summed E-state index contributed by atoms with van der Waals surface area (Å²) in [7, 11) is 4.04. The zero-order chi connectivity index (χ0) is 22.2. The van der Waals surface area contributed by atoms with Crippen molar-refractivity contribution >= 4 is 35.6 Å². The van der Waals surface area contributed by atoms with Crippen LogP contribution in [0.4, 0.5) is 5.69 Å². The SMILES string of the molecule is CN(C)C(CN=C(NCCc1ccco1)Nc1ccc2c(c1)OCCCO2)c1ccco1.I. The van der Waals surface area contributed by atoms with Gasteiger partial charge >= 0.3 is 0 Å². The van der Waals surface area contributed by atoms with E-state index in [1.165, 1.54) is 0 Å². The van der Waals surface area contributed by atoms with Crippen LogP contribution in [-0.4, -0.2) is 51.3 Å². The maximum Gasteiger partial charge on any atom is 0.195 e. The van der Waals surface area contributed by atoms with Gasteiger partial charge in [-0.1, -0.05) is 0 Å². The van der Waals surface area contributed by atoms with E-state index in [4.69, 9.17) is 23.3 Å². The fraction of sp³-hybridized carbons (Fsp3) is 0.375. The second-order valence-corrected chi connectivity index (χ2v) is 7.78. The fourth-order valence-corrected chi connectivity index (χ4v) is 3.44. The molecule has 8 nitrogen and oxygen atoms in total. The highest BCUT2D eigenvalue weighted by molar-refractivity contribution is 14.0. The third-order valence-corrected chi connectivity index (χ3v) is 5.17. The Labute approximate surface area is 211 Å². The van der Waals surface area contributed by atoms with Crippen molar-refractivity contribution in [1.29, 1.82) is 0 Å². The van der Waals surface area contributed by atoms with E-state index in [1.807, 2.05) is 56.6 Å². The van der Waals surface area contributed by atoms with Crippen LogP contribution in [0.2, 0.25) is 0 Å². The molecule has 0 saturated heterocycles. The van der Waals surface area contributed by atoms with Crippen LogP contribution in [0, 0.1) is 0 Å². The van der Waals surface area contributed by atoms with Gasteiger partial charge in [0.05, 0.1) is 38.3 Å². The monoisotopic (exact) mass is 566 g/mol. The Kier molecular flexibility index (Phi) is 9.49. The Bertz CT molecular complexity index is 990. The Morgan fingerprint density at radius 1 is 1.03 bits per heavy atom. The second kappa shape index (κ2) is 12.5. The van der Waals surface area contributed by atoms with E-state index in [-0.39, 0.29) is 30.0 Å². The first-order valence-electron chi connectivity index (χ1n) is 10.9. The number of benzene rings is 1. The number of guanidine groups is 1. The third-order valence-electron chi connectivity index (χ3n) is 5.17. The smallest absolute Gasteiger partial charge is 0.195 e. The van der Waals surface area contributed by atoms with Gasteiger partial charge in [-0.05, 0) is 50.5 Å². The Morgan fingerprint density at radius 2 is 1.82 bits per heavy atom. The maximum atomic E-state index is 5.82. The van der Waals surface area contributed by atoms with E-state index in [2.05, 4.69) is 15.5 Å².